The molecule has 148 valence electrons. The molecule has 1 saturated heterocycles. The maximum atomic E-state index is 13.0. The van der Waals surface area contributed by atoms with Crippen LogP contribution in [0, 0.1) is 26.2 Å². The van der Waals surface area contributed by atoms with Gasteiger partial charge in [-0.3, -0.25) is 10.2 Å². The van der Waals surface area contributed by atoms with E-state index >= 15 is 0 Å². The summed E-state index contributed by atoms with van der Waals surface area (Å²) >= 11 is 2.66. The van der Waals surface area contributed by atoms with Gasteiger partial charge in [0, 0.05) is 17.1 Å². The van der Waals surface area contributed by atoms with E-state index in [9.17, 15) is 4.79 Å². The topological polar surface area (TPSA) is 71.6 Å². The van der Waals surface area contributed by atoms with E-state index in [2.05, 4.69) is 65.9 Å². The molecule has 2 aromatic heterocycles. The van der Waals surface area contributed by atoms with Crippen LogP contribution in [0.1, 0.15) is 45.4 Å². The predicted octanol–water partition coefficient (Wildman–Crippen LogP) is 5.23. The third kappa shape index (κ3) is 3.60. The van der Waals surface area contributed by atoms with E-state index in [1.54, 1.807) is 0 Å². The molecule has 1 fully saturated rings. The molecule has 0 radical (unpaired) electrons. The van der Waals surface area contributed by atoms with E-state index in [1.165, 1.54) is 28.7 Å². The van der Waals surface area contributed by atoms with Crippen molar-refractivity contribution in [2.45, 2.75) is 40.0 Å². The van der Waals surface area contributed by atoms with E-state index in [1.807, 2.05) is 13.0 Å². The van der Waals surface area contributed by atoms with Gasteiger partial charge in [-0.2, -0.15) is 0 Å². The Hall–Kier alpha value is -2.51. The Balaban J connectivity index is 1.68. The maximum absolute atomic E-state index is 13.0. The fourth-order valence-electron chi connectivity index (χ4n) is 3.51. The number of thioether (sulfide) groups is 1. The molecule has 0 aliphatic carbocycles. The van der Waals surface area contributed by atoms with Crippen LogP contribution in [0.15, 0.2) is 35.2 Å². The average Bonchev–Trinajstić information content (AvgIpc) is 3.34. The van der Waals surface area contributed by atoms with Crippen LogP contribution in [0.3, 0.4) is 0 Å². The first kappa shape index (κ1) is 19.8. The van der Waals surface area contributed by atoms with Gasteiger partial charge in [0.05, 0.1) is 9.95 Å². The molecule has 0 amide bonds. The van der Waals surface area contributed by atoms with Crippen molar-refractivity contribution in [2.24, 2.45) is 0 Å². The van der Waals surface area contributed by atoms with Gasteiger partial charge in [-0.15, -0.1) is 21.5 Å². The molecule has 4 rings (SSSR count). The Morgan fingerprint density at radius 3 is 2.55 bits per heavy atom. The normalized spacial score (nSPS) is 18.2. The molecule has 0 saturated carbocycles. The molecule has 0 unspecified atom stereocenters. The molecule has 1 atom stereocenters. The zero-order chi connectivity index (χ0) is 20.7. The number of ketones is 1. The highest BCUT2D eigenvalue weighted by Crippen LogP contribution is 2.42. The van der Waals surface area contributed by atoms with E-state index in [4.69, 9.17) is 5.41 Å². The number of aromatic nitrogens is 3. The second kappa shape index (κ2) is 7.72. The van der Waals surface area contributed by atoms with Crippen molar-refractivity contribution in [3.63, 3.8) is 0 Å². The van der Waals surface area contributed by atoms with Gasteiger partial charge in [-0.05, 0) is 57.0 Å². The summed E-state index contributed by atoms with van der Waals surface area (Å²) < 4.78 is 2.19. The minimum Gasteiger partial charge on any atom is -0.318 e. The number of hydrogen-bond acceptors (Lipinski definition) is 6. The molecular weight excluding hydrogens is 400 g/mol. The summed E-state index contributed by atoms with van der Waals surface area (Å²) in [5, 5.41) is 18.4. The summed E-state index contributed by atoms with van der Waals surface area (Å²) in [6, 6.07) is 10.5. The molecule has 1 aliphatic heterocycles. The van der Waals surface area contributed by atoms with E-state index < -0.39 is 5.92 Å². The fraction of sp³-hybridized carbons (Fsp3) is 0.273. The molecule has 1 aromatic carbocycles. The minimum atomic E-state index is -0.607. The Kier molecular flexibility index (Phi) is 5.27. The summed E-state index contributed by atoms with van der Waals surface area (Å²) in [6.07, 6.45) is 2.70. The van der Waals surface area contributed by atoms with Gasteiger partial charge in [-0.25, -0.2) is 0 Å². The Bertz CT molecular complexity index is 1140. The molecule has 29 heavy (non-hydrogen) atoms. The van der Waals surface area contributed by atoms with Crippen LogP contribution >= 0.6 is 23.1 Å². The highest BCUT2D eigenvalue weighted by atomic mass is 32.2. The SMILES string of the molecule is CCc1nnc([C@@H]2C(=N)S/C(=C\c3cc(C)n(-c4ccc(C)cc4)c3C)C2=O)s1. The van der Waals surface area contributed by atoms with Crippen molar-refractivity contribution >= 4 is 40.0 Å². The standard InChI is InChI=1S/C22H22N4OS2/c1-5-18-24-25-22(29-18)19-20(27)17(28-21(19)23)11-15-10-13(3)26(14(15)4)16-8-6-12(2)7-9-16/h6-11,19,23H,5H2,1-4H3/b17-11-,23-21?/t19-/m0/s1. The average molecular weight is 423 g/mol. The van der Waals surface area contributed by atoms with Crippen molar-refractivity contribution in [3.8, 4) is 5.69 Å². The first-order valence-electron chi connectivity index (χ1n) is 9.49. The smallest absolute Gasteiger partial charge is 0.186 e. The summed E-state index contributed by atoms with van der Waals surface area (Å²) in [4.78, 5) is 13.6. The van der Waals surface area contributed by atoms with E-state index in [0.29, 0.717) is 15.0 Å². The number of carbonyl (C=O) groups excluding carboxylic acids is 1. The van der Waals surface area contributed by atoms with Crippen LogP contribution < -0.4 is 0 Å². The lowest BCUT2D eigenvalue weighted by molar-refractivity contribution is -0.114. The Morgan fingerprint density at radius 2 is 1.90 bits per heavy atom. The lowest BCUT2D eigenvalue weighted by atomic mass is 10.1. The number of benzene rings is 1. The number of carbonyl (C=O) groups is 1. The van der Waals surface area contributed by atoms with Crippen molar-refractivity contribution in [3.05, 3.63) is 67.8 Å². The number of nitrogens with one attached hydrogen (secondary N) is 1. The van der Waals surface area contributed by atoms with Crippen molar-refractivity contribution in [1.29, 1.82) is 5.41 Å². The van der Waals surface area contributed by atoms with Gasteiger partial charge in [0.1, 0.15) is 15.9 Å². The first-order valence-corrected chi connectivity index (χ1v) is 11.1. The Labute approximate surface area is 178 Å². The predicted molar refractivity (Wildman–Crippen MR) is 120 cm³/mol. The summed E-state index contributed by atoms with van der Waals surface area (Å²) in [6.45, 7) is 8.21. The largest absolute Gasteiger partial charge is 0.318 e. The zero-order valence-corrected chi connectivity index (χ0v) is 18.4. The molecule has 0 bridgehead atoms. The van der Waals surface area contributed by atoms with E-state index in [0.717, 1.165) is 34.1 Å². The zero-order valence-electron chi connectivity index (χ0n) is 16.8. The third-order valence-electron chi connectivity index (χ3n) is 5.07. The van der Waals surface area contributed by atoms with Gasteiger partial charge in [0.15, 0.2) is 5.78 Å². The summed E-state index contributed by atoms with van der Waals surface area (Å²) in [5.41, 5.74) is 5.51. The van der Waals surface area contributed by atoms with Crippen LogP contribution in [0.4, 0.5) is 0 Å². The fourth-order valence-corrected chi connectivity index (χ4v) is 5.45. The van der Waals surface area contributed by atoms with Crippen LogP contribution in [0.5, 0.6) is 0 Å². The van der Waals surface area contributed by atoms with Gasteiger partial charge >= 0.3 is 0 Å². The number of Topliss-reactive ketones (excluding diaryl/α,β-unsaturated/α-hetero) is 1. The number of rotatable bonds is 4. The van der Waals surface area contributed by atoms with Gasteiger partial charge < -0.3 is 4.57 Å². The molecule has 3 heterocycles. The molecule has 5 nitrogen and oxygen atoms in total. The molecule has 7 heteroatoms. The van der Waals surface area contributed by atoms with Gasteiger partial charge in [-0.1, -0.05) is 36.4 Å². The lowest BCUT2D eigenvalue weighted by Gasteiger charge is -2.10. The van der Waals surface area contributed by atoms with Crippen LogP contribution in [-0.2, 0) is 11.2 Å². The number of allylic oxidation sites excluding steroid dienone is 1. The first-order chi connectivity index (χ1) is 13.9. The molecule has 1 aliphatic rings. The Morgan fingerprint density at radius 1 is 1.17 bits per heavy atom. The molecule has 0 spiro atoms. The van der Waals surface area contributed by atoms with Crippen LogP contribution in [0.25, 0.3) is 11.8 Å². The monoisotopic (exact) mass is 422 g/mol. The number of hydrogen-bond donors (Lipinski definition) is 1. The quantitative estimate of drug-likeness (QED) is 0.584. The van der Waals surface area contributed by atoms with Gasteiger partial charge in [0.2, 0.25) is 0 Å². The maximum Gasteiger partial charge on any atom is 0.186 e. The highest BCUT2D eigenvalue weighted by molar-refractivity contribution is 8.19. The number of aryl methyl sites for hydroxylation is 3. The molecule has 3 aromatic rings. The second-order valence-corrected chi connectivity index (χ2v) is 9.33. The summed E-state index contributed by atoms with van der Waals surface area (Å²) in [7, 11) is 0. The number of nitrogens with zero attached hydrogens (tertiary/aromatic N) is 3. The van der Waals surface area contributed by atoms with Crippen molar-refractivity contribution in [2.75, 3.05) is 0 Å². The molecular formula is C22H22N4OS2. The van der Waals surface area contributed by atoms with Gasteiger partial charge in [0.25, 0.3) is 0 Å². The minimum absolute atomic E-state index is 0.0565. The van der Waals surface area contributed by atoms with Crippen LogP contribution in [0.2, 0.25) is 0 Å². The molecule has 1 N–H and O–H groups in total. The van der Waals surface area contributed by atoms with Crippen molar-refractivity contribution < 1.29 is 4.79 Å². The summed E-state index contributed by atoms with van der Waals surface area (Å²) in [5.74, 6) is -0.663. The lowest BCUT2D eigenvalue weighted by Crippen LogP contribution is -2.11. The second-order valence-electron chi connectivity index (χ2n) is 7.16. The van der Waals surface area contributed by atoms with E-state index in [-0.39, 0.29) is 5.78 Å². The van der Waals surface area contributed by atoms with Crippen molar-refractivity contribution in [1.82, 2.24) is 14.8 Å². The van der Waals surface area contributed by atoms with Crippen LogP contribution in [-0.4, -0.2) is 25.6 Å². The third-order valence-corrected chi connectivity index (χ3v) is 7.20. The highest BCUT2D eigenvalue weighted by Gasteiger charge is 2.39.